The summed E-state index contributed by atoms with van der Waals surface area (Å²) in [5.74, 6) is 5.44. The van der Waals surface area contributed by atoms with Crippen molar-refractivity contribution >= 4 is 0 Å². The van der Waals surface area contributed by atoms with Gasteiger partial charge in [0, 0.05) is 5.54 Å². The lowest BCUT2D eigenvalue weighted by Crippen LogP contribution is -2.63. The van der Waals surface area contributed by atoms with Gasteiger partial charge in [0.2, 0.25) is 0 Å². The molecule has 0 aliphatic heterocycles. The van der Waals surface area contributed by atoms with Crippen molar-refractivity contribution in [2.75, 3.05) is 0 Å². The van der Waals surface area contributed by atoms with E-state index in [-0.39, 0.29) is 5.54 Å². The predicted octanol–water partition coefficient (Wildman–Crippen LogP) is 7.11. The summed E-state index contributed by atoms with van der Waals surface area (Å²) >= 11 is 0. The van der Waals surface area contributed by atoms with Crippen LogP contribution < -0.4 is 5.73 Å². The molecule has 0 heterocycles. The number of hydrogen-bond donors (Lipinski definition) is 1. The van der Waals surface area contributed by atoms with Crippen LogP contribution in [0, 0.1) is 46.3 Å². The maximum atomic E-state index is 7.24. The third-order valence-corrected chi connectivity index (χ3v) is 10.8. The van der Waals surface area contributed by atoms with Gasteiger partial charge >= 0.3 is 0 Å². The predicted molar refractivity (Wildman–Crippen MR) is 119 cm³/mol. The molecule has 0 aromatic rings. The summed E-state index contributed by atoms with van der Waals surface area (Å²) in [6.45, 7) is 9.86. The Balaban J connectivity index is 1.33. The van der Waals surface area contributed by atoms with Crippen LogP contribution in [-0.2, 0) is 0 Å². The van der Waals surface area contributed by atoms with E-state index in [4.69, 9.17) is 5.73 Å². The monoisotopic (exact) mass is 383 g/mol. The highest BCUT2D eigenvalue weighted by Gasteiger charge is 2.69. The van der Waals surface area contributed by atoms with E-state index in [1.807, 2.05) is 0 Å². The molecule has 8 atom stereocenters. The van der Waals surface area contributed by atoms with Crippen LogP contribution in [0.3, 0.4) is 0 Å². The first kappa shape index (κ1) is 19.7. The largest absolute Gasteiger partial charge is 0.321 e. The molecule has 1 spiro atoms. The molecule has 5 aliphatic rings. The molecule has 0 aromatic carbocycles. The van der Waals surface area contributed by atoms with Crippen molar-refractivity contribution in [3.63, 3.8) is 0 Å². The van der Waals surface area contributed by atoms with Gasteiger partial charge in [-0.3, -0.25) is 0 Å². The van der Waals surface area contributed by atoms with E-state index in [1.165, 1.54) is 70.6 Å². The molecule has 158 valence electrons. The number of allylic oxidation sites excluding steroid dienone is 1. The van der Waals surface area contributed by atoms with Crippen molar-refractivity contribution < 1.29 is 0 Å². The van der Waals surface area contributed by atoms with E-state index >= 15 is 0 Å². The highest BCUT2D eigenvalue weighted by Crippen LogP contribution is 2.77. The molecule has 0 bridgehead atoms. The van der Waals surface area contributed by atoms with Gasteiger partial charge in [-0.15, -0.1) is 0 Å². The summed E-state index contributed by atoms with van der Waals surface area (Å²) in [6, 6.07) is 0. The molecule has 0 saturated heterocycles. The smallest absolute Gasteiger partial charge is 0.0400 e. The van der Waals surface area contributed by atoms with Crippen LogP contribution in [0.5, 0.6) is 0 Å². The van der Waals surface area contributed by atoms with E-state index < -0.39 is 0 Å². The van der Waals surface area contributed by atoms with Crippen molar-refractivity contribution in [3.05, 3.63) is 11.6 Å². The van der Waals surface area contributed by atoms with E-state index in [2.05, 4.69) is 33.8 Å². The van der Waals surface area contributed by atoms with E-state index in [9.17, 15) is 0 Å². The minimum absolute atomic E-state index is 0.0689. The lowest BCUT2D eigenvalue weighted by atomic mass is 9.38. The van der Waals surface area contributed by atoms with Gasteiger partial charge in [-0.2, -0.15) is 0 Å². The van der Waals surface area contributed by atoms with Crippen LogP contribution in [-0.4, -0.2) is 5.54 Å². The summed E-state index contributed by atoms with van der Waals surface area (Å²) in [5, 5.41) is 0. The van der Waals surface area contributed by atoms with Crippen LogP contribution in [0.2, 0.25) is 0 Å². The topological polar surface area (TPSA) is 26.0 Å². The molecule has 0 amide bonds. The summed E-state index contributed by atoms with van der Waals surface area (Å²) in [7, 11) is 0. The van der Waals surface area contributed by atoms with Gasteiger partial charge in [-0.05, 0) is 111 Å². The second kappa shape index (κ2) is 6.60. The molecule has 5 aliphatic carbocycles. The quantitative estimate of drug-likeness (QED) is 0.514. The fourth-order valence-electron chi connectivity index (χ4n) is 9.66. The zero-order chi connectivity index (χ0) is 19.7. The van der Waals surface area contributed by atoms with Crippen LogP contribution >= 0.6 is 0 Å². The molecule has 5 rings (SSSR count). The first-order valence-electron chi connectivity index (χ1n) is 12.8. The average Bonchev–Trinajstić information content (AvgIpc) is 2.96. The lowest BCUT2D eigenvalue weighted by Gasteiger charge is -2.67. The SMILES string of the molecule is CC(C)CCCC1(C)CC23CCC4C(CC=C5CC(C)CCC54N)C2CCC13. The van der Waals surface area contributed by atoms with Crippen molar-refractivity contribution in [2.24, 2.45) is 52.1 Å². The van der Waals surface area contributed by atoms with Crippen molar-refractivity contribution in [1.82, 2.24) is 0 Å². The Morgan fingerprint density at radius 1 is 1.11 bits per heavy atom. The maximum absolute atomic E-state index is 7.24. The van der Waals surface area contributed by atoms with Crippen LogP contribution in [0.25, 0.3) is 0 Å². The Labute approximate surface area is 174 Å². The molecule has 0 aromatic heterocycles. The Kier molecular flexibility index (Phi) is 4.63. The molecule has 4 fully saturated rings. The summed E-state index contributed by atoms with van der Waals surface area (Å²) in [6.07, 6.45) is 19.8. The van der Waals surface area contributed by atoms with Gasteiger partial charge in [0.05, 0.1) is 0 Å². The third-order valence-electron chi connectivity index (χ3n) is 10.8. The van der Waals surface area contributed by atoms with Crippen LogP contribution in [0.15, 0.2) is 11.6 Å². The van der Waals surface area contributed by atoms with E-state index in [0.29, 0.717) is 5.41 Å². The zero-order valence-electron chi connectivity index (χ0n) is 19.1. The molecular formula is C27H45N. The van der Waals surface area contributed by atoms with Crippen molar-refractivity contribution in [1.29, 1.82) is 0 Å². The summed E-state index contributed by atoms with van der Waals surface area (Å²) in [5.41, 5.74) is 10.3. The minimum Gasteiger partial charge on any atom is -0.321 e. The van der Waals surface area contributed by atoms with E-state index in [1.54, 1.807) is 12.0 Å². The van der Waals surface area contributed by atoms with Gasteiger partial charge in [0.25, 0.3) is 0 Å². The Hall–Kier alpha value is -0.300. The van der Waals surface area contributed by atoms with Crippen LogP contribution in [0.4, 0.5) is 0 Å². The Bertz CT molecular complexity index is 649. The first-order valence-corrected chi connectivity index (χ1v) is 12.8. The van der Waals surface area contributed by atoms with Gasteiger partial charge in [-0.1, -0.05) is 52.2 Å². The minimum atomic E-state index is 0.0689. The van der Waals surface area contributed by atoms with Gasteiger partial charge < -0.3 is 5.73 Å². The zero-order valence-corrected chi connectivity index (χ0v) is 19.1. The maximum Gasteiger partial charge on any atom is 0.0400 e. The Morgan fingerprint density at radius 2 is 1.93 bits per heavy atom. The fraction of sp³-hybridized carbons (Fsp3) is 0.926. The Morgan fingerprint density at radius 3 is 2.71 bits per heavy atom. The molecule has 4 saturated carbocycles. The molecule has 28 heavy (non-hydrogen) atoms. The number of nitrogens with two attached hydrogens (primary N) is 1. The van der Waals surface area contributed by atoms with E-state index in [0.717, 1.165) is 40.9 Å². The second-order valence-electron chi connectivity index (χ2n) is 12.7. The second-order valence-corrected chi connectivity index (χ2v) is 12.7. The first-order chi connectivity index (χ1) is 13.3. The number of rotatable bonds is 4. The molecule has 1 heteroatoms. The normalized spacial score (nSPS) is 52.2. The molecule has 2 N–H and O–H groups in total. The lowest BCUT2D eigenvalue weighted by molar-refractivity contribution is -0.170. The van der Waals surface area contributed by atoms with Crippen molar-refractivity contribution in [2.45, 2.75) is 110 Å². The molecular weight excluding hydrogens is 338 g/mol. The fourth-order valence-corrected chi connectivity index (χ4v) is 9.66. The third kappa shape index (κ3) is 2.67. The van der Waals surface area contributed by atoms with Gasteiger partial charge in [-0.25, -0.2) is 0 Å². The van der Waals surface area contributed by atoms with Crippen LogP contribution in [0.1, 0.15) is 105 Å². The van der Waals surface area contributed by atoms with Gasteiger partial charge in [0.15, 0.2) is 0 Å². The summed E-state index contributed by atoms with van der Waals surface area (Å²) in [4.78, 5) is 0. The number of fused-ring (bicyclic) bond motifs is 4. The molecule has 0 radical (unpaired) electrons. The highest BCUT2D eigenvalue weighted by atomic mass is 14.8. The van der Waals surface area contributed by atoms with Gasteiger partial charge in [0.1, 0.15) is 0 Å². The molecule has 1 nitrogen and oxygen atoms in total. The highest BCUT2D eigenvalue weighted by molar-refractivity contribution is 5.31. The standard InChI is InChI=1S/C27H45N/c1-18(2)6-5-13-25(4)17-26-14-12-23-21(22(26)9-10-24(25)26)8-7-20-16-19(3)11-15-27(20,23)28/h7,18-19,21-24H,5-6,8-17,28H2,1-4H3. The molecule has 8 unspecified atom stereocenters. The summed E-state index contributed by atoms with van der Waals surface area (Å²) < 4.78 is 0. The van der Waals surface area contributed by atoms with Crippen molar-refractivity contribution in [3.8, 4) is 0 Å². The number of hydrogen-bond acceptors (Lipinski definition) is 1. The average molecular weight is 384 g/mol.